The summed E-state index contributed by atoms with van der Waals surface area (Å²) in [4.78, 5) is 20.9. The summed E-state index contributed by atoms with van der Waals surface area (Å²) < 4.78 is 7.26. The highest BCUT2D eigenvalue weighted by atomic mass is 16.3. The molecule has 0 aliphatic carbocycles. The van der Waals surface area contributed by atoms with Crippen LogP contribution in [0.4, 0.5) is 17.2 Å². The monoisotopic (exact) mass is 396 g/mol. The molecule has 5 rings (SSSR count). The predicted molar refractivity (Wildman–Crippen MR) is 113 cm³/mol. The van der Waals surface area contributed by atoms with Crippen molar-refractivity contribution in [2.45, 2.75) is 0 Å². The lowest BCUT2D eigenvalue weighted by Crippen LogP contribution is -2.10. The quantitative estimate of drug-likeness (QED) is 0.457. The number of nitrogens with zero attached hydrogens (tertiary/aromatic N) is 4. The Labute approximate surface area is 171 Å². The molecule has 0 unspecified atom stereocenters. The van der Waals surface area contributed by atoms with Gasteiger partial charge in [-0.3, -0.25) is 4.79 Å². The lowest BCUT2D eigenvalue weighted by atomic mass is 10.2. The van der Waals surface area contributed by atoms with Crippen LogP contribution in [-0.4, -0.2) is 25.7 Å². The third-order valence-corrected chi connectivity index (χ3v) is 4.46. The third-order valence-electron chi connectivity index (χ3n) is 4.46. The topological polar surface area (TPSA) is 97.9 Å². The Kier molecular flexibility index (Phi) is 4.41. The maximum absolute atomic E-state index is 12.5. The van der Waals surface area contributed by atoms with E-state index in [1.807, 2.05) is 48.7 Å². The van der Waals surface area contributed by atoms with Gasteiger partial charge in [0.15, 0.2) is 11.6 Å². The lowest BCUT2D eigenvalue weighted by Gasteiger charge is -2.08. The molecule has 2 aromatic carbocycles. The second-order valence-corrected chi connectivity index (χ2v) is 6.52. The van der Waals surface area contributed by atoms with Gasteiger partial charge in [0.1, 0.15) is 17.7 Å². The smallest absolute Gasteiger partial charge is 0.291 e. The number of furan rings is 1. The van der Waals surface area contributed by atoms with Crippen LogP contribution in [0.15, 0.2) is 89.9 Å². The minimum absolute atomic E-state index is 0.269. The highest BCUT2D eigenvalue weighted by molar-refractivity contribution is 6.04. The number of carbonyl (C=O) groups excluding carboxylic acids is 1. The van der Waals surface area contributed by atoms with E-state index in [1.54, 1.807) is 35.1 Å². The molecular formula is C22H16N6O2. The number of carbonyl (C=O) groups is 1. The number of aromatic nitrogens is 4. The fourth-order valence-corrected chi connectivity index (χ4v) is 3.02. The van der Waals surface area contributed by atoms with Gasteiger partial charge in [-0.1, -0.05) is 18.2 Å². The van der Waals surface area contributed by atoms with Crippen LogP contribution < -0.4 is 10.6 Å². The van der Waals surface area contributed by atoms with Crippen molar-refractivity contribution in [3.05, 3.63) is 91.2 Å². The van der Waals surface area contributed by atoms with Crippen molar-refractivity contribution in [1.29, 1.82) is 0 Å². The number of para-hydroxylation sites is 1. The average Bonchev–Trinajstić information content (AvgIpc) is 3.45. The highest BCUT2D eigenvalue weighted by Gasteiger charge is 2.12. The first kappa shape index (κ1) is 17.6. The van der Waals surface area contributed by atoms with Crippen molar-refractivity contribution < 1.29 is 9.21 Å². The maximum Gasteiger partial charge on any atom is 0.291 e. The van der Waals surface area contributed by atoms with Crippen molar-refractivity contribution in [2.24, 2.45) is 0 Å². The van der Waals surface area contributed by atoms with Crippen molar-refractivity contribution in [2.75, 3.05) is 10.6 Å². The van der Waals surface area contributed by atoms with Gasteiger partial charge in [-0.15, -0.1) is 0 Å². The number of fused-ring (bicyclic) bond motifs is 1. The van der Waals surface area contributed by atoms with Gasteiger partial charge >= 0.3 is 0 Å². The molecule has 0 aliphatic rings. The largest absolute Gasteiger partial charge is 0.451 e. The molecule has 146 valence electrons. The van der Waals surface area contributed by atoms with Gasteiger partial charge in [0.05, 0.1) is 0 Å². The van der Waals surface area contributed by atoms with E-state index in [4.69, 9.17) is 4.42 Å². The number of rotatable bonds is 5. The Hall–Kier alpha value is -4.46. The van der Waals surface area contributed by atoms with Gasteiger partial charge in [-0.05, 0) is 42.5 Å². The Morgan fingerprint density at radius 1 is 0.933 bits per heavy atom. The van der Waals surface area contributed by atoms with E-state index < -0.39 is 0 Å². The van der Waals surface area contributed by atoms with Crippen LogP contribution in [0.5, 0.6) is 0 Å². The van der Waals surface area contributed by atoms with Gasteiger partial charge in [0, 0.05) is 35.2 Å². The summed E-state index contributed by atoms with van der Waals surface area (Å²) in [5, 5.41) is 11.1. The Morgan fingerprint density at radius 3 is 2.57 bits per heavy atom. The molecule has 8 heteroatoms. The predicted octanol–water partition coefficient (Wildman–Crippen LogP) is 4.40. The summed E-state index contributed by atoms with van der Waals surface area (Å²) >= 11 is 0. The van der Waals surface area contributed by atoms with Crippen LogP contribution >= 0.6 is 0 Å². The Morgan fingerprint density at radius 2 is 1.77 bits per heavy atom. The fraction of sp³-hybridized carbons (Fsp3) is 0. The minimum Gasteiger partial charge on any atom is -0.451 e. The maximum atomic E-state index is 12.5. The highest BCUT2D eigenvalue weighted by Crippen LogP contribution is 2.22. The van der Waals surface area contributed by atoms with Gasteiger partial charge in [0.25, 0.3) is 5.91 Å². The van der Waals surface area contributed by atoms with Crippen molar-refractivity contribution >= 4 is 34.1 Å². The molecular weight excluding hydrogens is 380 g/mol. The number of benzene rings is 2. The first-order valence-electron chi connectivity index (χ1n) is 9.24. The second-order valence-electron chi connectivity index (χ2n) is 6.52. The molecule has 0 saturated carbocycles. The molecule has 0 radical (unpaired) electrons. The van der Waals surface area contributed by atoms with E-state index in [9.17, 15) is 4.79 Å². The van der Waals surface area contributed by atoms with Crippen LogP contribution in [0.25, 0.3) is 16.8 Å². The van der Waals surface area contributed by atoms with E-state index in [0.29, 0.717) is 22.9 Å². The van der Waals surface area contributed by atoms with E-state index in [-0.39, 0.29) is 11.7 Å². The number of hydrogen-bond donors (Lipinski definition) is 2. The number of nitrogens with one attached hydrogen (secondary N) is 2. The molecule has 0 bridgehead atoms. The molecule has 8 nitrogen and oxygen atoms in total. The second kappa shape index (κ2) is 7.51. The Bertz CT molecular complexity index is 1280. The molecule has 30 heavy (non-hydrogen) atoms. The standard InChI is InChI=1S/C22H16N6O2/c29-22(19-12-15-4-1-2-5-18(15)30-19)27-17-8-6-16(7-9-17)26-20-13-21(24-14-23-20)28-11-3-10-25-28/h1-14H,(H,27,29)(H,23,24,26). The summed E-state index contributed by atoms with van der Waals surface area (Å²) in [6, 6.07) is 20.2. The van der Waals surface area contributed by atoms with E-state index in [2.05, 4.69) is 25.7 Å². The minimum atomic E-state index is -0.299. The summed E-state index contributed by atoms with van der Waals surface area (Å²) in [7, 11) is 0. The van der Waals surface area contributed by atoms with Gasteiger partial charge in [-0.25, -0.2) is 14.6 Å². The molecule has 0 aliphatic heterocycles. The lowest BCUT2D eigenvalue weighted by molar-refractivity contribution is 0.0998. The molecule has 3 heterocycles. The van der Waals surface area contributed by atoms with Crippen molar-refractivity contribution in [3.8, 4) is 5.82 Å². The summed E-state index contributed by atoms with van der Waals surface area (Å²) in [6.45, 7) is 0. The Balaban J connectivity index is 1.27. The van der Waals surface area contributed by atoms with Crippen molar-refractivity contribution in [1.82, 2.24) is 19.7 Å². The summed E-state index contributed by atoms with van der Waals surface area (Å²) in [6.07, 6.45) is 4.97. The first-order valence-corrected chi connectivity index (χ1v) is 9.24. The molecule has 2 N–H and O–H groups in total. The van der Waals surface area contributed by atoms with Crippen LogP contribution in [0.2, 0.25) is 0 Å². The zero-order chi connectivity index (χ0) is 20.3. The third kappa shape index (κ3) is 3.61. The van der Waals surface area contributed by atoms with Crippen LogP contribution in [0.1, 0.15) is 10.6 Å². The van der Waals surface area contributed by atoms with E-state index >= 15 is 0 Å². The summed E-state index contributed by atoms with van der Waals surface area (Å²) in [5.41, 5.74) is 2.16. The molecule has 0 atom stereocenters. The molecule has 0 fully saturated rings. The van der Waals surface area contributed by atoms with Crippen LogP contribution in [-0.2, 0) is 0 Å². The van der Waals surface area contributed by atoms with Crippen molar-refractivity contribution in [3.63, 3.8) is 0 Å². The number of hydrogen-bond acceptors (Lipinski definition) is 6. The molecule has 1 amide bonds. The summed E-state index contributed by atoms with van der Waals surface area (Å²) in [5.74, 6) is 1.26. The molecule has 5 aromatic rings. The zero-order valence-corrected chi connectivity index (χ0v) is 15.7. The van der Waals surface area contributed by atoms with Crippen LogP contribution in [0, 0.1) is 0 Å². The molecule has 0 spiro atoms. The fourth-order valence-electron chi connectivity index (χ4n) is 3.02. The average molecular weight is 396 g/mol. The zero-order valence-electron chi connectivity index (χ0n) is 15.7. The van der Waals surface area contributed by atoms with Crippen LogP contribution in [0.3, 0.4) is 0 Å². The first-order chi connectivity index (χ1) is 14.7. The molecule has 3 aromatic heterocycles. The molecule has 0 saturated heterocycles. The normalized spacial score (nSPS) is 10.8. The van der Waals surface area contributed by atoms with Gasteiger partial charge in [-0.2, -0.15) is 5.10 Å². The number of anilines is 3. The van der Waals surface area contributed by atoms with Gasteiger partial charge < -0.3 is 15.1 Å². The van der Waals surface area contributed by atoms with Gasteiger partial charge in [0.2, 0.25) is 0 Å². The SMILES string of the molecule is O=C(Nc1ccc(Nc2cc(-n3cccn3)ncn2)cc1)c1cc2ccccc2o1. The number of amides is 1. The van der Waals surface area contributed by atoms with E-state index in [0.717, 1.165) is 11.1 Å². The van der Waals surface area contributed by atoms with E-state index in [1.165, 1.54) is 6.33 Å².